The normalized spacial score (nSPS) is 10.8. The number of anilines is 1. The third kappa shape index (κ3) is 2.18. The Morgan fingerprint density at radius 3 is 2.65 bits per heavy atom. The van der Waals surface area contributed by atoms with Crippen molar-refractivity contribution in [2.24, 2.45) is 0 Å². The van der Waals surface area contributed by atoms with Crippen LogP contribution in [0.25, 0.3) is 22.3 Å². The molecular weight excluding hydrogens is 277 g/mol. The molecule has 0 spiro atoms. The summed E-state index contributed by atoms with van der Waals surface area (Å²) in [5.74, 6) is 0.626. The second-order valence-electron chi connectivity index (χ2n) is 4.29. The Labute approximate surface area is 120 Å². The number of nitrogens with one attached hydrogen (secondary N) is 1. The van der Waals surface area contributed by atoms with Crippen LogP contribution in [0.4, 0.5) is 10.2 Å². The highest BCUT2D eigenvalue weighted by atomic mass is 35.5. The summed E-state index contributed by atoms with van der Waals surface area (Å²) >= 11 is 5.99. The van der Waals surface area contributed by atoms with Crippen molar-refractivity contribution in [3.05, 3.63) is 53.3 Å². The van der Waals surface area contributed by atoms with Crippen molar-refractivity contribution < 1.29 is 4.39 Å². The van der Waals surface area contributed by atoms with Gasteiger partial charge in [0.2, 0.25) is 0 Å². The molecule has 0 saturated heterocycles. The second-order valence-corrected chi connectivity index (χ2v) is 4.72. The zero-order valence-corrected chi connectivity index (χ0v) is 11.4. The van der Waals surface area contributed by atoms with E-state index < -0.39 is 0 Å². The van der Waals surface area contributed by atoms with Gasteiger partial charge in [0.15, 0.2) is 5.82 Å². The molecule has 0 fully saturated rings. The molecule has 0 amide bonds. The zero-order chi connectivity index (χ0) is 14.1. The van der Waals surface area contributed by atoms with Crippen LogP contribution in [0.3, 0.4) is 0 Å². The monoisotopic (exact) mass is 287 g/mol. The highest BCUT2D eigenvalue weighted by molar-refractivity contribution is 6.31. The van der Waals surface area contributed by atoms with Crippen LogP contribution in [0, 0.1) is 5.82 Å². The molecule has 0 aliphatic heterocycles. The summed E-state index contributed by atoms with van der Waals surface area (Å²) in [5.41, 5.74) is 1.09. The fourth-order valence-corrected chi connectivity index (χ4v) is 2.23. The lowest BCUT2D eigenvalue weighted by molar-refractivity contribution is 0.630. The highest BCUT2D eigenvalue weighted by Gasteiger charge is 2.11. The smallest absolute Gasteiger partial charge is 0.165 e. The molecule has 0 radical (unpaired) electrons. The van der Waals surface area contributed by atoms with Gasteiger partial charge in [-0.05, 0) is 30.3 Å². The number of benzene rings is 2. The van der Waals surface area contributed by atoms with Crippen molar-refractivity contribution >= 4 is 28.3 Å². The molecule has 3 nitrogen and oxygen atoms in total. The maximum Gasteiger partial charge on any atom is 0.165 e. The molecule has 5 heteroatoms. The Morgan fingerprint density at radius 2 is 1.90 bits per heavy atom. The van der Waals surface area contributed by atoms with Crippen LogP contribution in [0.1, 0.15) is 0 Å². The number of fused-ring (bicyclic) bond motifs is 1. The van der Waals surface area contributed by atoms with E-state index in [2.05, 4.69) is 15.3 Å². The lowest BCUT2D eigenvalue weighted by Crippen LogP contribution is -1.99. The van der Waals surface area contributed by atoms with Crippen LogP contribution in [0.2, 0.25) is 5.02 Å². The van der Waals surface area contributed by atoms with Crippen LogP contribution in [-0.2, 0) is 0 Å². The minimum atomic E-state index is -0.345. The van der Waals surface area contributed by atoms with Gasteiger partial charge in [-0.25, -0.2) is 14.4 Å². The molecule has 1 heterocycles. The van der Waals surface area contributed by atoms with E-state index in [-0.39, 0.29) is 5.82 Å². The molecule has 100 valence electrons. The molecule has 1 N–H and O–H groups in total. The predicted molar refractivity (Wildman–Crippen MR) is 79.5 cm³/mol. The molecule has 0 aliphatic rings. The standard InChI is InChI=1S/C15H11ClFN3/c1-18-14-11-8-9(16)6-7-13(11)19-15(20-14)10-4-2-3-5-12(10)17/h2-8H,1H3,(H,18,19,20). The van der Waals surface area contributed by atoms with Crippen molar-refractivity contribution in [3.8, 4) is 11.4 Å². The fraction of sp³-hybridized carbons (Fsp3) is 0.0667. The summed E-state index contributed by atoms with van der Waals surface area (Å²) in [7, 11) is 1.76. The van der Waals surface area contributed by atoms with Gasteiger partial charge in [0.05, 0.1) is 11.1 Å². The predicted octanol–water partition coefficient (Wildman–Crippen LogP) is 4.13. The van der Waals surface area contributed by atoms with Gasteiger partial charge in [0.25, 0.3) is 0 Å². The van der Waals surface area contributed by atoms with Gasteiger partial charge in [0, 0.05) is 17.5 Å². The summed E-state index contributed by atoms with van der Waals surface area (Å²) in [6.07, 6.45) is 0. The number of nitrogens with zero attached hydrogens (tertiary/aromatic N) is 2. The quantitative estimate of drug-likeness (QED) is 0.770. The first-order valence-corrected chi connectivity index (χ1v) is 6.47. The van der Waals surface area contributed by atoms with Crippen LogP contribution < -0.4 is 5.32 Å². The SMILES string of the molecule is CNc1nc(-c2ccccc2F)nc2ccc(Cl)cc12. The second kappa shape index (κ2) is 5.06. The van der Waals surface area contributed by atoms with E-state index in [1.54, 1.807) is 43.4 Å². The molecule has 0 saturated carbocycles. The molecule has 0 bridgehead atoms. The van der Waals surface area contributed by atoms with Crippen molar-refractivity contribution in [1.82, 2.24) is 9.97 Å². The average molecular weight is 288 g/mol. The maximum atomic E-state index is 13.9. The number of rotatable bonds is 2. The van der Waals surface area contributed by atoms with Gasteiger partial charge in [-0.2, -0.15) is 0 Å². The Kier molecular flexibility index (Phi) is 3.24. The molecule has 20 heavy (non-hydrogen) atoms. The van der Waals surface area contributed by atoms with E-state index in [1.165, 1.54) is 6.07 Å². The van der Waals surface area contributed by atoms with Gasteiger partial charge in [-0.3, -0.25) is 0 Å². The van der Waals surface area contributed by atoms with Crippen LogP contribution in [0.15, 0.2) is 42.5 Å². The van der Waals surface area contributed by atoms with E-state index >= 15 is 0 Å². The third-order valence-electron chi connectivity index (χ3n) is 3.01. The average Bonchev–Trinajstić information content (AvgIpc) is 2.46. The fourth-order valence-electron chi connectivity index (χ4n) is 2.05. The van der Waals surface area contributed by atoms with E-state index in [0.717, 1.165) is 5.39 Å². The van der Waals surface area contributed by atoms with Crippen LogP contribution >= 0.6 is 11.6 Å². The molecular formula is C15H11ClFN3. The highest BCUT2D eigenvalue weighted by Crippen LogP contribution is 2.27. The van der Waals surface area contributed by atoms with Crippen LogP contribution in [0.5, 0.6) is 0 Å². The Hall–Kier alpha value is -2.20. The summed E-state index contributed by atoms with van der Waals surface area (Å²) in [5, 5.41) is 4.41. The molecule has 3 rings (SSSR count). The van der Waals surface area contributed by atoms with E-state index in [1.807, 2.05) is 0 Å². The van der Waals surface area contributed by atoms with Crippen molar-refractivity contribution in [1.29, 1.82) is 0 Å². The topological polar surface area (TPSA) is 37.8 Å². The van der Waals surface area contributed by atoms with Gasteiger partial charge in [-0.15, -0.1) is 0 Å². The first-order chi connectivity index (χ1) is 9.69. The number of hydrogen-bond donors (Lipinski definition) is 1. The first kappa shape index (κ1) is 12.8. The molecule has 1 aromatic heterocycles. The van der Waals surface area contributed by atoms with Crippen molar-refractivity contribution in [2.75, 3.05) is 12.4 Å². The minimum Gasteiger partial charge on any atom is -0.373 e. The van der Waals surface area contributed by atoms with Gasteiger partial charge < -0.3 is 5.32 Å². The summed E-state index contributed by atoms with van der Waals surface area (Å²) in [4.78, 5) is 8.78. The van der Waals surface area contributed by atoms with Gasteiger partial charge in [0.1, 0.15) is 11.6 Å². The van der Waals surface area contributed by atoms with E-state index in [0.29, 0.717) is 27.7 Å². The molecule has 2 aromatic carbocycles. The summed E-state index contributed by atoms with van der Waals surface area (Å²) in [6, 6.07) is 11.8. The summed E-state index contributed by atoms with van der Waals surface area (Å²) in [6.45, 7) is 0. The Balaban J connectivity index is 2.29. The number of hydrogen-bond acceptors (Lipinski definition) is 3. The molecule has 0 aliphatic carbocycles. The minimum absolute atomic E-state index is 0.345. The lowest BCUT2D eigenvalue weighted by atomic mass is 10.1. The first-order valence-electron chi connectivity index (χ1n) is 6.09. The Morgan fingerprint density at radius 1 is 1.10 bits per heavy atom. The van der Waals surface area contributed by atoms with Gasteiger partial charge >= 0.3 is 0 Å². The van der Waals surface area contributed by atoms with Crippen molar-refractivity contribution in [3.63, 3.8) is 0 Å². The maximum absolute atomic E-state index is 13.9. The lowest BCUT2D eigenvalue weighted by Gasteiger charge is -2.09. The number of halogens is 2. The van der Waals surface area contributed by atoms with E-state index in [9.17, 15) is 4.39 Å². The van der Waals surface area contributed by atoms with Crippen molar-refractivity contribution in [2.45, 2.75) is 0 Å². The molecule has 3 aromatic rings. The molecule has 0 atom stereocenters. The molecule has 0 unspecified atom stereocenters. The van der Waals surface area contributed by atoms with Crippen LogP contribution in [-0.4, -0.2) is 17.0 Å². The van der Waals surface area contributed by atoms with E-state index in [4.69, 9.17) is 11.6 Å². The Bertz CT molecular complexity index is 789. The largest absolute Gasteiger partial charge is 0.373 e. The zero-order valence-electron chi connectivity index (χ0n) is 10.7. The summed E-state index contributed by atoms with van der Waals surface area (Å²) < 4.78 is 13.9. The number of aromatic nitrogens is 2. The van der Waals surface area contributed by atoms with Gasteiger partial charge in [-0.1, -0.05) is 23.7 Å². The third-order valence-corrected chi connectivity index (χ3v) is 3.24.